The first-order valence-electron chi connectivity index (χ1n) is 5.86. The molecule has 2 heterocycles. The van der Waals surface area contributed by atoms with E-state index in [1.807, 2.05) is 7.05 Å². The lowest BCUT2D eigenvalue weighted by atomic mass is 10.1. The van der Waals surface area contributed by atoms with Gasteiger partial charge in [-0.2, -0.15) is 0 Å². The van der Waals surface area contributed by atoms with Gasteiger partial charge >= 0.3 is 5.97 Å². The van der Waals surface area contributed by atoms with Crippen molar-refractivity contribution in [1.29, 1.82) is 0 Å². The molecule has 5 heteroatoms. The normalized spacial score (nSPS) is 21.8. The van der Waals surface area contributed by atoms with E-state index >= 15 is 0 Å². The number of nitrogens with zero attached hydrogens (tertiary/aromatic N) is 1. The Morgan fingerprint density at radius 3 is 2.88 bits per heavy atom. The number of carbonyl (C=O) groups is 1. The molecule has 0 aromatic carbocycles. The molecule has 0 bridgehead atoms. The first-order valence-corrected chi connectivity index (χ1v) is 6.68. The predicted molar refractivity (Wildman–Crippen MR) is 66.0 cm³/mol. The maximum absolute atomic E-state index is 11.1. The van der Waals surface area contributed by atoms with Crippen molar-refractivity contribution in [2.45, 2.75) is 35.3 Å². The summed E-state index contributed by atoms with van der Waals surface area (Å²) in [4.78, 5) is 14.1. The third-order valence-electron chi connectivity index (χ3n) is 3.69. The Labute approximate surface area is 104 Å². The highest BCUT2D eigenvalue weighted by Crippen LogP contribution is 2.53. The minimum absolute atomic E-state index is 0.0998. The average molecular weight is 253 g/mol. The van der Waals surface area contributed by atoms with Gasteiger partial charge in [-0.25, -0.2) is 4.79 Å². The van der Waals surface area contributed by atoms with Crippen LogP contribution in [0, 0.1) is 0 Å². The van der Waals surface area contributed by atoms with Gasteiger partial charge in [0.05, 0.1) is 10.6 Å². The Kier molecular flexibility index (Phi) is 2.40. The number of anilines is 1. The highest BCUT2D eigenvalue weighted by molar-refractivity contribution is 8.01. The van der Waals surface area contributed by atoms with Gasteiger partial charge in [-0.05, 0) is 12.8 Å². The number of carboxylic acid groups (broad SMARTS) is 1. The molecule has 0 atom stereocenters. The van der Waals surface area contributed by atoms with Crippen LogP contribution >= 0.6 is 11.8 Å². The number of hydrogen-bond acceptors (Lipinski definition) is 4. The van der Waals surface area contributed by atoms with Crippen LogP contribution in [0.5, 0.6) is 0 Å². The van der Waals surface area contributed by atoms with Gasteiger partial charge in [0.15, 0.2) is 0 Å². The molecule has 3 rings (SSSR count). The fourth-order valence-corrected chi connectivity index (χ4v) is 4.61. The first-order chi connectivity index (χ1) is 8.11. The summed E-state index contributed by atoms with van der Waals surface area (Å²) in [5.41, 5.74) is 0.921. The lowest BCUT2D eigenvalue weighted by Crippen LogP contribution is -2.39. The number of rotatable bonds is 1. The van der Waals surface area contributed by atoms with Crippen molar-refractivity contribution in [3.8, 4) is 0 Å². The van der Waals surface area contributed by atoms with E-state index in [4.69, 9.17) is 9.52 Å². The molecular weight excluding hydrogens is 238 g/mol. The average Bonchev–Trinajstić information content (AvgIpc) is 2.85. The summed E-state index contributed by atoms with van der Waals surface area (Å²) in [6.45, 7) is 0.989. The summed E-state index contributed by atoms with van der Waals surface area (Å²) < 4.78 is 5.39. The Balaban J connectivity index is 2.03. The molecule has 1 saturated carbocycles. The highest BCUT2D eigenvalue weighted by Gasteiger charge is 2.42. The van der Waals surface area contributed by atoms with Crippen LogP contribution < -0.4 is 4.90 Å². The molecule has 17 heavy (non-hydrogen) atoms. The number of carboxylic acids is 1. The lowest BCUT2D eigenvalue weighted by molar-refractivity contribution is 0.0657. The van der Waals surface area contributed by atoms with Crippen molar-refractivity contribution < 1.29 is 14.3 Å². The molecule has 1 N–H and O–H groups in total. The van der Waals surface area contributed by atoms with Crippen LogP contribution in [0.25, 0.3) is 0 Å². The minimum atomic E-state index is -0.970. The van der Waals surface area contributed by atoms with Gasteiger partial charge in [0.25, 0.3) is 0 Å². The molecular formula is C12H15NO3S. The van der Waals surface area contributed by atoms with Crippen molar-refractivity contribution in [1.82, 2.24) is 0 Å². The number of hydrogen-bond donors (Lipinski definition) is 1. The van der Waals surface area contributed by atoms with Crippen LogP contribution in [0.3, 0.4) is 0 Å². The largest absolute Gasteiger partial charge is 0.475 e. The number of furan rings is 1. The van der Waals surface area contributed by atoms with E-state index in [-0.39, 0.29) is 10.5 Å². The van der Waals surface area contributed by atoms with Gasteiger partial charge in [-0.3, -0.25) is 0 Å². The Morgan fingerprint density at radius 2 is 2.24 bits per heavy atom. The summed E-state index contributed by atoms with van der Waals surface area (Å²) >= 11 is 1.72. The molecule has 92 valence electrons. The van der Waals surface area contributed by atoms with E-state index in [2.05, 4.69) is 4.90 Å². The summed E-state index contributed by atoms with van der Waals surface area (Å²) in [5, 5.41) is 9.12. The zero-order valence-electron chi connectivity index (χ0n) is 9.73. The Hall–Kier alpha value is -1.10. The van der Waals surface area contributed by atoms with Crippen molar-refractivity contribution >= 4 is 23.4 Å². The summed E-state index contributed by atoms with van der Waals surface area (Å²) in [6, 6.07) is 0. The minimum Gasteiger partial charge on any atom is -0.475 e. The molecule has 4 nitrogen and oxygen atoms in total. The number of fused-ring (bicyclic) bond motifs is 1. The van der Waals surface area contributed by atoms with Crippen molar-refractivity contribution in [3.05, 3.63) is 12.0 Å². The Bertz CT molecular complexity index is 462. The summed E-state index contributed by atoms with van der Waals surface area (Å²) in [7, 11) is 2.01. The molecule has 1 aromatic rings. The van der Waals surface area contributed by atoms with Gasteiger partial charge in [-0.1, -0.05) is 12.8 Å². The van der Waals surface area contributed by atoms with Crippen molar-refractivity contribution in [2.24, 2.45) is 0 Å². The van der Waals surface area contributed by atoms with E-state index in [0.29, 0.717) is 0 Å². The van der Waals surface area contributed by atoms with Gasteiger partial charge in [0.1, 0.15) is 6.26 Å². The smallest absolute Gasteiger partial charge is 0.373 e. The van der Waals surface area contributed by atoms with E-state index in [1.54, 1.807) is 18.0 Å². The number of aromatic carboxylic acids is 1. The summed E-state index contributed by atoms with van der Waals surface area (Å²) in [5.74, 6) is -0.870. The monoisotopic (exact) mass is 253 g/mol. The van der Waals surface area contributed by atoms with Crippen LogP contribution in [-0.2, 0) is 0 Å². The quantitative estimate of drug-likeness (QED) is 0.834. The Morgan fingerprint density at radius 1 is 1.53 bits per heavy atom. The van der Waals surface area contributed by atoms with Crippen LogP contribution in [0.2, 0.25) is 0 Å². The van der Waals surface area contributed by atoms with Gasteiger partial charge in [0.2, 0.25) is 5.76 Å². The number of thioether (sulfide) groups is 1. The SMILES string of the molecule is CN1CC2(CCCC2)Sc2c1coc2C(=O)O. The highest BCUT2D eigenvalue weighted by atomic mass is 32.2. The molecule has 2 aliphatic rings. The molecule has 1 aliphatic heterocycles. The molecule has 0 radical (unpaired) electrons. The van der Waals surface area contributed by atoms with Gasteiger partial charge in [0, 0.05) is 18.3 Å². The van der Waals surface area contributed by atoms with E-state index < -0.39 is 5.97 Å². The van der Waals surface area contributed by atoms with Crippen molar-refractivity contribution in [2.75, 3.05) is 18.5 Å². The van der Waals surface area contributed by atoms with E-state index in [1.165, 1.54) is 25.7 Å². The van der Waals surface area contributed by atoms with Crippen LogP contribution in [0.4, 0.5) is 5.69 Å². The van der Waals surface area contributed by atoms with E-state index in [9.17, 15) is 4.79 Å². The molecule has 1 aliphatic carbocycles. The third kappa shape index (κ3) is 1.64. The topological polar surface area (TPSA) is 53.7 Å². The maximum atomic E-state index is 11.1. The van der Waals surface area contributed by atoms with Gasteiger partial charge < -0.3 is 14.4 Å². The zero-order chi connectivity index (χ0) is 12.0. The molecule has 0 amide bonds. The fourth-order valence-electron chi connectivity index (χ4n) is 2.89. The van der Waals surface area contributed by atoms with Gasteiger partial charge in [-0.15, -0.1) is 11.8 Å². The van der Waals surface area contributed by atoms with Crippen molar-refractivity contribution in [3.63, 3.8) is 0 Å². The molecule has 1 aromatic heterocycles. The molecule has 1 spiro atoms. The second-order valence-electron chi connectivity index (χ2n) is 4.93. The predicted octanol–water partition coefficient (Wildman–Crippen LogP) is 2.83. The standard InChI is InChI=1S/C12H15NO3S/c1-13-7-12(4-2-3-5-12)17-10-8(13)6-16-9(10)11(14)15/h6H,2-5,7H2,1H3,(H,14,15). The third-order valence-corrected chi connectivity index (χ3v) is 5.26. The first kappa shape index (κ1) is 11.0. The lowest BCUT2D eigenvalue weighted by Gasteiger charge is -2.38. The zero-order valence-corrected chi connectivity index (χ0v) is 10.5. The summed E-state index contributed by atoms with van der Waals surface area (Å²) in [6.07, 6.45) is 6.40. The van der Waals surface area contributed by atoms with Crippen LogP contribution in [0.1, 0.15) is 36.2 Å². The molecule has 0 saturated heterocycles. The van der Waals surface area contributed by atoms with Crippen LogP contribution in [0.15, 0.2) is 15.6 Å². The molecule has 1 fully saturated rings. The van der Waals surface area contributed by atoms with Crippen LogP contribution in [-0.4, -0.2) is 29.4 Å². The second kappa shape index (κ2) is 3.70. The second-order valence-corrected chi connectivity index (χ2v) is 6.41. The molecule has 0 unspecified atom stereocenters. The maximum Gasteiger partial charge on any atom is 0.373 e. The fraction of sp³-hybridized carbons (Fsp3) is 0.583. The van der Waals surface area contributed by atoms with E-state index in [0.717, 1.165) is 17.1 Å².